The Morgan fingerprint density at radius 1 is 0.262 bits per heavy atom. The molecule has 0 spiro atoms. The topological polar surface area (TPSA) is 237 Å². The fraction of sp³-hybridized carbons (Fsp3) is 0.952. The number of hydrogen-bond acceptors (Lipinski definition) is 15. The molecular weight excluding hydrogens is 1340 g/mol. The van der Waals surface area contributed by atoms with E-state index in [0.717, 1.165) is 108 Å². The standard InChI is InChI=1S/C84H164O17P2/c1-8-9-10-11-12-13-14-30-37-44-51-58-65-81(86)94-72-80(101-84(89)68-61-54-47-40-33-36-43-50-57-64-77(6)7)74-99-103(92,93)97-70-78(85)69-96-102(90,91)98-73-79(71-95-82(87)66-59-52-45-38-31-26-23-19-21-25-29-35-42-49-56-63-76(4)5)100-83(88)67-60-53-46-39-32-27-22-18-16-15-17-20-24-28-34-41-48-55-62-75(2)3/h75-80,85H,8-74H2,1-7H3,(H,90,91)(H,92,93)/t78-,79-,80-/m1/s1. The summed E-state index contributed by atoms with van der Waals surface area (Å²) >= 11 is 0. The van der Waals surface area contributed by atoms with Crippen LogP contribution in [-0.2, 0) is 65.4 Å². The first-order valence-corrected chi connectivity index (χ1v) is 46.3. The normalized spacial score (nSPS) is 13.9. The smallest absolute Gasteiger partial charge is 0.462 e. The molecule has 0 aliphatic carbocycles. The number of carbonyl (C=O) groups is 4. The number of aliphatic hydroxyl groups excluding tert-OH is 1. The summed E-state index contributed by atoms with van der Waals surface area (Å²) in [6, 6.07) is 0. The fourth-order valence-electron chi connectivity index (χ4n) is 13.0. The maximum atomic E-state index is 13.1. The summed E-state index contributed by atoms with van der Waals surface area (Å²) in [5, 5.41) is 10.7. The third-order valence-corrected chi connectivity index (χ3v) is 21.5. The molecule has 2 unspecified atom stereocenters. The first-order valence-electron chi connectivity index (χ1n) is 43.3. The zero-order valence-corrected chi connectivity index (χ0v) is 69.6. The van der Waals surface area contributed by atoms with Gasteiger partial charge in [0.2, 0.25) is 0 Å². The third-order valence-electron chi connectivity index (χ3n) is 19.6. The lowest BCUT2D eigenvalue weighted by atomic mass is 10.0. The molecular formula is C84H164O17P2. The first-order chi connectivity index (χ1) is 49.7. The Morgan fingerprint density at radius 3 is 0.660 bits per heavy atom. The van der Waals surface area contributed by atoms with Crippen molar-refractivity contribution in [3.05, 3.63) is 0 Å². The second-order valence-corrected chi connectivity index (χ2v) is 34.6. The van der Waals surface area contributed by atoms with Gasteiger partial charge in [-0.05, 0) is 43.4 Å². The van der Waals surface area contributed by atoms with E-state index in [4.69, 9.17) is 37.0 Å². The first kappa shape index (κ1) is 101. The fourth-order valence-corrected chi connectivity index (χ4v) is 14.6. The molecule has 0 aliphatic rings. The van der Waals surface area contributed by atoms with Crippen molar-refractivity contribution < 1.29 is 80.2 Å². The van der Waals surface area contributed by atoms with Crippen LogP contribution in [0.1, 0.15) is 440 Å². The van der Waals surface area contributed by atoms with Gasteiger partial charge in [-0.15, -0.1) is 0 Å². The monoisotopic (exact) mass is 1510 g/mol. The van der Waals surface area contributed by atoms with Crippen LogP contribution in [0.2, 0.25) is 0 Å². The molecule has 5 atom stereocenters. The van der Waals surface area contributed by atoms with Crippen LogP contribution in [0.15, 0.2) is 0 Å². The van der Waals surface area contributed by atoms with Crippen LogP contribution < -0.4 is 0 Å². The summed E-state index contributed by atoms with van der Waals surface area (Å²) in [5.74, 6) is 0.256. The summed E-state index contributed by atoms with van der Waals surface area (Å²) < 4.78 is 68.8. The maximum absolute atomic E-state index is 13.1. The largest absolute Gasteiger partial charge is 0.472 e. The van der Waals surface area contributed by atoms with E-state index in [0.29, 0.717) is 25.7 Å². The van der Waals surface area contributed by atoms with Gasteiger partial charge in [0.1, 0.15) is 19.3 Å². The number of ether oxygens (including phenoxy) is 4. The van der Waals surface area contributed by atoms with Gasteiger partial charge in [0.15, 0.2) is 12.2 Å². The summed E-state index contributed by atoms with van der Waals surface area (Å²) in [5.41, 5.74) is 0. The molecule has 0 aromatic carbocycles. The number of aliphatic hydroxyl groups is 1. The van der Waals surface area contributed by atoms with Gasteiger partial charge in [-0.25, -0.2) is 9.13 Å². The molecule has 0 saturated carbocycles. The summed E-state index contributed by atoms with van der Waals surface area (Å²) in [6.07, 6.45) is 63.9. The van der Waals surface area contributed by atoms with Crippen molar-refractivity contribution in [3.8, 4) is 0 Å². The number of carbonyl (C=O) groups excluding carboxylic acids is 4. The predicted octanol–water partition coefficient (Wildman–Crippen LogP) is 25.3. The van der Waals surface area contributed by atoms with E-state index in [-0.39, 0.29) is 25.7 Å². The molecule has 0 aromatic heterocycles. The Morgan fingerprint density at radius 2 is 0.447 bits per heavy atom. The molecule has 3 N–H and O–H groups in total. The third kappa shape index (κ3) is 78.0. The minimum absolute atomic E-state index is 0.106. The minimum atomic E-state index is -4.96. The molecule has 0 bridgehead atoms. The molecule has 612 valence electrons. The zero-order chi connectivity index (χ0) is 75.8. The van der Waals surface area contributed by atoms with E-state index in [1.54, 1.807) is 0 Å². The molecule has 0 saturated heterocycles. The summed E-state index contributed by atoms with van der Waals surface area (Å²) in [4.78, 5) is 73.1. The lowest BCUT2D eigenvalue weighted by Crippen LogP contribution is -2.30. The number of hydrogen-bond donors (Lipinski definition) is 3. The molecule has 0 aliphatic heterocycles. The maximum Gasteiger partial charge on any atom is 0.472 e. The highest BCUT2D eigenvalue weighted by Gasteiger charge is 2.30. The highest BCUT2D eigenvalue weighted by atomic mass is 31.2. The van der Waals surface area contributed by atoms with Gasteiger partial charge in [0.05, 0.1) is 26.4 Å². The van der Waals surface area contributed by atoms with E-state index in [1.807, 2.05) is 0 Å². The Bertz CT molecular complexity index is 1990. The molecule has 17 nitrogen and oxygen atoms in total. The van der Waals surface area contributed by atoms with Gasteiger partial charge >= 0.3 is 39.5 Å². The molecule has 0 aromatic rings. The van der Waals surface area contributed by atoms with Crippen molar-refractivity contribution in [2.24, 2.45) is 17.8 Å². The van der Waals surface area contributed by atoms with Crippen LogP contribution in [0.25, 0.3) is 0 Å². The zero-order valence-electron chi connectivity index (χ0n) is 67.8. The number of rotatable bonds is 82. The highest BCUT2D eigenvalue weighted by molar-refractivity contribution is 7.47. The van der Waals surface area contributed by atoms with Gasteiger partial charge in [0.25, 0.3) is 0 Å². The molecule has 103 heavy (non-hydrogen) atoms. The Balaban J connectivity index is 5.23. The van der Waals surface area contributed by atoms with Crippen LogP contribution in [0.5, 0.6) is 0 Å². The summed E-state index contributed by atoms with van der Waals surface area (Å²) in [7, 11) is -9.92. The van der Waals surface area contributed by atoms with Gasteiger partial charge in [-0.3, -0.25) is 37.3 Å². The molecule has 19 heteroatoms. The second kappa shape index (κ2) is 74.2. The van der Waals surface area contributed by atoms with E-state index in [9.17, 15) is 43.2 Å². The quantitative estimate of drug-likeness (QED) is 0.0222. The Hall–Kier alpha value is -1.94. The Labute approximate surface area is 632 Å². The SMILES string of the molecule is CCCCCCCCCCCCCCC(=O)OC[C@H](COP(=O)(O)OC[C@H](O)COP(=O)(O)OC[C@@H](COC(=O)CCCCCCCCCCCCCCCCCC(C)C)OC(=O)CCCCCCCCCCCCCCCCCCCCC(C)C)OC(=O)CCCCCCCCCCCC(C)C. The average Bonchev–Trinajstić information content (AvgIpc) is 0.913. The lowest BCUT2D eigenvalue weighted by Gasteiger charge is -2.21. The van der Waals surface area contributed by atoms with Crippen LogP contribution in [0, 0.1) is 17.8 Å². The molecule has 0 heterocycles. The van der Waals surface area contributed by atoms with Crippen LogP contribution in [0.4, 0.5) is 0 Å². The molecule has 0 rings (SSSR count). The van der Waals surface area contributed by atoms with Gasteiger partial charge in [-0.2, -0.15) is 0 Å². The van der Waals surface area contributed by atoms with E-state index in [1.165, 1.54) is 250 Å². The van der Waals surface area contributed by atoms with Crippen molar-refractivity contribution in [1.82, 2.24) is 0 Å². The summed E-state index contributed by atoms with van der Waals surface area (Å²) in [6.45, 7) is 12.0. The number of phosphoric ester groups is 2. The van der Waals surface area contributed by atoms with Crippen LogP contribution in [-0.4, -0.2) is 96.7 Å². The lowest BCUT2D eigenvalue weighted by molar-refractivity contribution is -0.161. The van der Waals surface area contributed by atoms with Crippen molar-refractivity contribution in [2.45, 2.75) is 458 Å². The van der Waals surface area contributed by atoms with Crippen molar-refractivity contribution >= 4 is 39.5 Å². The second-order valence-electron chi connectivity index (χ2n) is 31.6. The molecule has 0 radical (unpaired) electrons. The highest BCUT2D eigenvalue weighted by Crippen LogP contribution is 2.45. The van der Waals surface area contributed by atoms with Gasteiger partial charge in [-0.1, -0.05) is 389 Å². The van der Waals surface area contributed by atoms with Gasteiger partial charge < -0.3 is 33.8 Å². The Kier molecular flexibility index (Phi) is 72.8. The number of unbranched alkanes of at least 4 members (excludes halogenated alkanes) is 50. The number of phosphoric acid groups is 2. The van der Waals surface area contributed by atoms with Crippen LogP contribution in [0.3, 0.4) is 0 Å². The van der Waals surface area contributed by atoms with E-state index < -0.39 is 97.5 Å². The van der Waals surface area contributed by atoms with E-state index >= 15 is 0 Å². The van der Waals surface area contributed by atoms with Crippen LogP contribution >= 0.6 is 15.6 Å². The van der Waals surface area contributed by atoms with Crippen molar-refractivity contribution in [1.29, 1.82) is 0 Å². The number of esters is 4. The van der Waals surface area contributed by atoms with E-state index in [2.05, 4.69) is 48.5 Å². The average molecular weight is 1510 g/mol. The van der Waals surface area contributed by atoms with Gasteiger partial charge in [0, 0.05) is 25.7 Å². The molecule has 0 amide bonds. The minimum Gasteiger partial charge on any atom is -0.462 e. The molecule has 0 fully saturated rings. The van der Waals surface area contributed by atoms with Crippen molar-refractivity contribution in [3.63, 3.8) is 0 Å². The van der Waals surface area contributed by atoms with Crippen molar-refractivity contribution in [2.75, 3.05) is 39.6 Å². The predicted molar refractivity (Wildman–Crippen MR) is 423 cm³/mol.